The van der Waals surface area contributed by atoms with Gasteiger partial charge in [0.25, 0.3) is 0 Å². The lowest BCUT2D eigenvalue weighted by Crippen LogP contribution is -2.39. The van der Waals surface area contributed by atoms with Crippen LogP contribution in [0.1, 0.15) is 12.8 Å². The summed E-state index contributed by atoms with van der Waals surface area (Å²) in [6.45, 7) is 2.27. The number of pyridine rings is 1. The topological polar surface area (TPSA) is 28.2 Å². The first-order valence-electron chi connectivity index (χ1n) is 5.41. The lowest BCUT2D eigenvalue weighted by Gasteiger charge is -2.30. The molecule has 1 aliphatic heterocycles. The van der Waals surface area contributed by atoms with E-state index in [1.165, 1.54) is 19.4 Å². The highest BCUT2D eigenvalue weighted by atomic mass is 127. The lowest BCUT2D eigenvalue weighted by molar-refractivity contribution is 0.261. The molecule has 1 fully saturated rings. The standard InChI is InChI=1S/C11H15ClIN3/c1-16-4-2-3-9(7-16)14-11-6-8(13)5-10(12)15-11/h5-6,9H,2-4,7H2,1H3,(H,14,15). The molecule has 1 N–H and O–H groups in total. The Morgan fingerprint density at radius 1 is 1.56 bits per heavy atom. The molecule has 0 amide bonds. The van der Waals surface area contributed by atoms with Gasteiger partial charge in [0.05, 0.1) is 0 Å². The first-order valence-corrected chi connectivity index (χ1v) is 6.87. The second-order valence-corrected chi connectivity index (χ2v) is 5.87. The van der Waals surface area contributed by atoms with Crippen molar-refractivity contribution in [3.8, 4) is 0 Å². The number of hydrogen-bond donors (Lipinski definition) is 1. The molecule has 3 nitrogen and oxygen atoms in total. The summed E-state index contributed by atoms with van der Waals surface area (Å²) >= 11 is 8.18. The molecule has 0 radical (unpaired) electrons. The van der Waals surface area contributed by atoms with Crippen LogP contribution in [-0.4, -0.2) is 36.1 Å². The summed E-state index contributed by atoms with van der Waals surface area (Å²) in [6.07, 6.45) is 2.45. The number of nitrogens with one attached hydrogen (secondary N) is 1. The van der Waals surface area contributed by atoms with Crippen LogP contribution in [0.25, 0.3) is 0 Å². The van der Waals surface area contributed by atoms with E-state index in [2.05, 4.69) is 44.8 Å². The number of rotatable bonds is 2. The summed E-state index contributed by atoms with van der Waals surface area (Å²) in [7, 11) is 2.16. The SMILES string of the molecule is CN1CCCC(Nc2cc(I)cc(Cl)n2)C1. The van der Waals surface area contributed by atoms with Gasteiger partial charge in [-0.05, 0) is 61.2 Å². The fourth-order valence-electron chi connectivity index (χ4n) is 2.03. The van der Waals surface area contributed by atoms with E-state index in [0.29, 0.717) is 11.2 Å². The zero-order valence-corrected chi connectivity index (χ0v) is 12.1. The Hall–Kier alpha value is -0.0700. The molecule has 1 aromatic heterocycles. The van der Waals surface area contributed by atoms with Gasteiger partial charge >= 0.3 is 0 Å². The lowest BCUT2D eigenvalue weighted by atomic mass is 10.1. The van der Waals surface area contributed by atoms with Crippen LogP contribution >= 0.6 is 34.2 Å². The molecule has 0 aliphatic carbocycles. The van der Waals surface area contributed by atoms with Crippen molar-refractivity contribution in [2.45, 2.75) is 18.9 Å². The molecule has 2 heterocycles. The number of nitrogens with zero attached hydrogens (tertiary/aromatic N) is 2. The van der Waals surface area contributed by atoms with Crippen LogP contribution in [0.4, 0.5) is 5.82 Å². The Morgan fingerprint density at radius 2 is 2.38 bits per heavy atom. The smallest absolute Gasteiger partial charge is 0.132 e. The largest absolute Gasteiger partial charge is 0.366 e. The quantitative estimate of drug-likeness (QED) is 0.656. The molecule has 16 heavy (non-hydrogen) atoms. The molecule has 5 heteroatoms. The molecule has 2 rings (SSSR count). The Kier molecular flexibility index (Phi) is 4.27. The van der Waals surface area contributed by atoms with Crippen LogP contribution in [-0.2, 0) is 0 Å². The van der Waals surface area contributed by atoms with E-state index in [1.807, 2.05) is 12.1 Å². The average Bonchev–Trinajstić information content (AvgIpc) is 2.15. The van der Waals surface area contributed by atoms with Crippen LogP contribution in [0.15, 0.2) is 12.1 Å². The molecule has 0 aromatic carbocycles. The van der Waals surface area contributed by atoms with Crippen LogP contribution in [0.2, 0.25) is 5.15 Å². The highest BCUT2D eigenvalue weighted by Gasteiger charge is 2.17. The fourth-order valence-corrected chi connectivity index (χ4v) is 3.02. The molecule has 88 valence electrons. The molecule has 0 spiro atoms. The maximum atomic E-state index is 5.93. The maximum Gasteiger partial charge on any atom is 0.132 e. The maximum absolute atomic E-state index is 5.93. The van der Waals surface area contributed by atoms with Crippen LogP contribution in [0.3, 0.4) is 0 Å². The third-order valence-electron chi connectivity index (χ3n) is 2.74. The van der Waals surface area contributed by atoms with Gasteiger partial charge in [0.2, 0.25) is 0 Å². The normalized spacial score (nSPS) is 22.1. The highest BCUT2D eigenvalue weighted by Crippen LogP contribution is 2.19. The van der Waals surface area contributed by atoms with Crippen molar-refractivity contribution in [2.75, 3.05) is 25.5 Å². The first-order chi connectivity index (χ1) is 7.63. The van der Waals surface area contributed by atoms with Crippen LogP contribution < -0.4 is 5.32 Å². The van der Waals surface area contributed by atoms with E-state index in [4.69, 9.17) is 11.6 Å². The zero-order chi connectivity index (χ0) is 11.5. The summed E-state index contributed by atoms with van der Waals surface area (Å²) < 4.78 is 1.12. The third kappa shape index (κ3) is 3.46. The van der Waals surface area contributed by atoms with E-state index in [1.54, 1.807) is 0 Å². The monoisotopic (exact) mass is 351 g/mol. The third-order valence-corrected chi connectivity index (χ3v) is 3.55. The van der Waals surface area contributed by atoms with Gasteiger partial charge in [-0.1, -0.05) is 11.6 Å². The molecular weight excluding hydrogens is 336 g/mol. The summed E-state index contributed by atoms with van der Waals surface area (Å²) in [6, 6.07) is 4.38. The number of anilines is 1. The van der Waals surface area contributed by atoms with Crippen molar-refractivity contribution in [3.05, 3.63) is 20.9 Å². The van der Waals surface area contributed by atoms with Crippen molar-refractivity contribution in [3.63, 3.8) is 0 Å². The fraction of sp³-hybridized carbons (Fsp3) is 0.545. The van der Waals surface area contributed by atoms with Gasteiger partial charge in [-0.25, -0.2) is 4.98 Å². The minimum atomic E-state index is 0.487. The number of hydrogen-bond acceptors (Lipinski definition) is 3. The van der Waals surface area contributed by atoms with Crippen molar-refractivity contribution in [1.29, 1.82) is 0 Å². The van der Waals surface area contributed by atoms with Gasteiger partial charge in [-0.3, -0.25) is 0 Å². The minimum Gasteiger partial charge on any atom is -0.366 e. The Labute approximate surface area is 115 Å². The summed E-state index contributed by atoms with van der Waals surface area (Å²) in [5.74, 6) is 0.886. The van der Waals surface area contributed by atoms with Gasteiger partial charge < -0.3 is 10.2 Å². The van der Waals surface area contributed by atoms with Gasteiger partial charge in [-0.15, -0.1) is 0 Å². The number of piperidine rings is 1. The first kappa shape index (κ1) is 12.4. The molecular formula is C11H15ClIN3. The van der Waals surface area contributed by atoms with Crippen molar-refractivity contribution in [1.82, 2.24) is 9.88 Å². The molecule has 0 bridgehead atoms. The molecule has 1 unspecified atom stereocenters. The van der Waals surface area contributed by atoms with Crippen LogP contribution in [0.5, 0.6) is 0 Å². The number of aromatic nitrogens is 1. The van der Waals surface area contributed by atoms with E-state index < -0.39 is 0 Å². The van der Waals surface area contributed by atoms with Gasteiger partial charge in [0.1, 0.15) is 11.0 Å². The average molecular weight is 352 g/mol. The predicted molar refractivity (Wildman–Crippen MR) is 76.1 cm³/mol. The van der Waals surface area contributed by atoms with E-state index in [-0.39, 0.29) is 0 Å². The Bertz CT molecular complexity index is 352. The second-order valence-electron chi connectivity index (χ2n) is 4.24. The van der Waals surface area contributed by atoms with Gasteiger partial charge in [0.15, 0.2) is 0 Å². The van der Waals surface area contributed by atoms with Crippen LogP contribution in [0, 0.1) is 3.57 Å². The van der Waals surface area contributed by atoms with E-state index >= 15 is 0 Å². The summed E-state index contributed by atoms with van der Waals surface area (Å²) in [5.41, 5.74) is 0. The van der Waals surface area contributed by atoms with Crippen molar-refractivity contribution >= 4 is 40.0 Å². The number of likely N-dealkylation sites (tertiary alicyclic amines) is 1. The summed E-state index contributed by atoms with van der Waals surface area (Å²) in [5, 5.41) is 4.01. The zero-order valence-electron chi connectivity index (χ0n) is 9.21. The molecule has 1 saturated heterocycles. The summed E-state index contributed by atoms with van der Waals surface area (Å²) in [4.78, 5) is 6.63. The molecule has 1 aliphatic rings. The molecule has 0 saturated carbocycles. The van der Waals surface area contributed by atoms with Crippen molar-refractivity contribution in [2.24, 2.45) is 0 Å². The Balaban J connectivity index is 2.02. The number of likely N-dealkylation sites (N-methyl/N-ethyl adjacent to an activating group) is 1. The van der Waals surface area contributed by atoms with Gasteiger partial charge in [0, 0.05) is 16.2 Å². The molecule has 1 atom stereocenters. The Morgan fingerprint density at radius 3 is 3.06 bits per heavy atom. The van der Waals surface area contributed by atoms with Crippen molar-refractivity contribution < 1.29 is 0 Å². The highest BCUT2D eigenvalue weighted by molar-refractivity contribution is 14.1. The van der Waals surface area contributed by atoms with E-state index in [0.717, 1.165) is 15.9 Å². The molecule has 1 aromatic rings. The second kappa shape index (κ2) is 5.51. The minimum absolute atomic E-state index is 0.487. The number of halogens is 2. The van der Waals surface area contributed by atoms with E-state index in [9.17, 15) is 0 Å². The predicted octanol–water partition coefficient (Wildman–Crippen LogP) is 2.85. The van der Waals surface area contributed by atoms with Gasteiger partial charge in [-0.2, -0.15) is 0 Å².